The van der Waals surface area contributed by atoms with Crippen molar-refractivity contribution in [3.8, 4) is 0 Å². The highest BCUT2D eigenvalue weighted by Gasteiger charge is 2.46. The number of carbonyl (C=O) groups excluding carboxylic acids is 1. The van der Waals surface area contributed by atoms with E-state index in [9.17, 15) is 4.79 Å². The number of aromatic nitrogens is 2. The number of rotatable bonds is 4. The summed E-state index contributed by atoms with van der Waals surface area (Å²) < 4.78 is 1.92. The number of piperidine rings is 1. The van der Waals surface area contributed by atoms with Crippen molar-refractivity contribution in [2.45, 2.75) is 38.3 Å². The predicted molar refractivity (Wildman–Crippen MR) is 95.0 cm³/mol. The zero-order valence-electron chi connectivity index (χ0n) is 14.1. The lowest BCUT2D eigenvalue weighted by Crippen LogP contribution is -2.59. The largest absolute Gasteiger partial charge is 0.340 e. The van der Waals surface area contributed by atoms with Crippen LogP contribution in [0.5, 0.6) is 0 Å². The molecule has 5 nitrogen and oxygen atoms in total. The van der Waals surface area contributed by atoms with Crippen molar-refractivity contribution < 1.29 is 4.79 Å². The number of nitrogens with zero attached hydrogens (tertiary/aromatic N) is 4. The van der Waals surface area contributed by atoms with Crippen LogP contribution in [0.2, 0.25) is 0 Å². The lowest BCUT2D eigenvalue weighted by atomic mass is 9.85. The first-order chi connectivity index (χ1) is 11.7. The second kappa shape index (κ2) is 6.33. The molecule has 0 N–H and O–H groups in total. The smallest absolute Gasteiger partial charge is 0.250 e. The first-order valence-corrected chi connectivity index (χ1v) is 9.62. The summed E-state index contributed by atoms with van der Waals surface area (Å²) in [4.78, 5) is 19.0. The third kappa shape index (κ3) is 2.67. The number of aryl methyl sites for hydroxylation is 1. The topological polar surface area (TPSA) is 41.4 Å². The molecule has 2 fully saturated rings. The van der Waals surface area contributed by atoms with E-state index in [1.807, 2.05) is 33.2 Å². The molecule has 6 heteroatoms. The molecule has 0 atom stereocenters. The van der Waals surface area contributed by atoms with Gasteiger partial charge in [0.2, 0.25) is 0 Å². The van der Waals surface area contributed by atoms with E-state index in [2.05, 4.69) is 28.4 Å². The fourth-order valence-corrected chi connectivity index (χ4v) is 4.67. The number of likely N-dealkylation sites (tertiary alicyclic amines) is 2. The molecular formula is C18H24N4OS. The molecule has 128 valence electrons. The Morgan fingerprint density at radius 3 is 2.62 bits per heavy atom. The third-order valence-electron chi connectivity index (χ3n) is 5.50. The van der Waals surface area contributed by atoms with Gasteiger partial charge in [-0.15, -0.1) is 11.3 Å². The van der Waals surface area contributed by atoms with Crippen LogP contribution in [0.25, 0.3) is 0 Å². The summed E-state index contributed by atoms with van der Waals surface area (Å²) in [6, 6.07) is 4.11. The van der Waals surface area contributed by atoms with Gasteiger partial charge < -0.3 is 4.90 Å². The Morgan fingerprint density at radius 2 is 2.08 bits per heavy atom. The molecule has 2 saturated heterocycles. The molecule has 4 rings (SSSR count). The summed E-state index contributed by atoms with van der Waals surface area (Å²) in [7, 11) is 0. The summed E-state index contributed by atoms with van der Waals surface area (Å²) in [6.07, 6.45) is 6.55. The minimum Gasteiger partial charge on any atom is -0.340 e. The molecule has 1 amide bonds. The molecule has 0 aliphatic carbocycles. The maximum absolute atomic E-state index is 13.1. The quantitative estimate of drug-likeness (QED) is 0.856. The number of hydrogen-bond acceptors (Lipinski definition) is 4. The van der Waals surface area contributed by atoms with Crippen LogP contribution in [-0.2, 0) is 16.9 Å². The highest BCUT2D eigenvalue weighted by Crippen LogP contribution is 2.34. The zero-order valence-corrected chi connectivity index (χ0v) is 15.0. The molecule has 0 bridgehead atoms. The Kier molecular flexibility index (Phi) is 4.18. The average molecular weight is 344 g/mol. The SMILES string of the molecule is Cc1ccsc1CN1CCC(C(=O)N2CCC2)(n2cccn2)CC1. The zero-order chi connectivity index (χ0) is 16.6. The molecule has 0 radical (unpaired) electrons. The minimum absolute atomic E-state index is 0.268. The van der Waals surface area contributed by atoms with E-state index in [0.717, 1.165) is 52.0 Å². The van der Waals surface area contributed by atoms with Gasteiger partial charge in [0.15, 0.2) is 0 Å². The second-order valence-electron chi connectivity index (χ2n) is 6.93. The molecule has 2 aromatic heterocycles. The van der Waals surface area contributed by atoms with Gasteiger partial charge in [-0.3, -0.25) is 14.4 Å². The van der Waals surface area contributed by atoms with Gasteiger partial charge >= 0.3 is 0 Å². The molecule has 2 aromatic rings. The van der Waals surface area contributed by atoms with Crippen LogP contribution >= 0.6 is 11.3 Å². The predicted octanol–water partition coefficient (Wildman–Crippen LogP) is 2.48. The molecule has 0 unspecified atom stereocenters. The van der Waals surface area contributed by atoms with Crippen molar-refractivity contribution in [2.75, 3.05) is 26.2 Å². The fraction of sp³-hybridized carbons (Fsp3) is 0.556. The maximum Gasteiger partial charge on any atom is 0.250 e. The van der Waals surface area contributed by atoms with Crippen LogP contribution in [-0.4, -0.2) is 51.7 Å². The monoisotopic (exact) mass is 344 g/mol. The van der Waals surface area contributed by atoms with Crippen molar-refractivity contribution in [3.63, 3.8) is 0 Å². The first kappa shape index (κ1) is 15.8. The summed E-state index contributed by atoms with van der Waals surface area (Å²) in [6.45, 7) is 6.86. The average Bonchev–Trinajstić information content (AvgIpc) is 3.19. The van der Waals surface area contributed by atoms with Gasteiger partial charge in [0.1, 0.15) is 5.54 Å². The first-order valence-electron chi connectivity index (χ1n) is 8.74. The van der Waals surface area contributed by atoms with Crippen LogP contribution in [0.15, 0.2) is 29.9 Å². The number of hydrogen-bond donors (Lipinski definition) is 0. The highest BCUT2D eigenvalue weighted by atomic mass is 32.1. The van der Waals surface area contributed by atoms with Crippen LogP contribution < -0.4 is 0 Å². The van der Waals surface area contributed by atoms with E-state index in [1.54, 1.807) is 6.20 Å². The number of carbonyl (C=O) groups is 1. The van der Waals surface area contributed by atoms with Crippen molar-refractivity contribution >= 4 is 17.2 Å². The Balaban J connectivity index is 1.50. The normalized spacial score (nSPS) is 20.8. The molecule has 2 aliphatic heterocycles. The van der Waals surface area contributed by atoms with E-state index in [1.165, 1.54) is 10.4 Å². The van der Waals surface area contributed by atoms with Crippen molar-refractivity contribution in [2.24, 2.45) is 0 Å². The number of thiophene rings is 1. The minimum atomic E-state index is -0.481. The van der Waals surface area contributed by atoms with E-state index in [-0.39, 0.29) is 5.91 Å². The molecule has 0 spiro atoms. The van der Waals surface area contributed by atoms with E-state index >= 15 is 0 Å². The molecule has 0 saturated carbocycles. The summed E-state index contributed by atoms with van der Waals surface area (Å²) in [5, 5.41) is 6.60. The molecule has 2 aliphatic rings. The molecule has 4 heterocycles. The molecular weight excluding hydrogens is 320 g/mol. The summed E-state index contributed by atoms with van der Waals surface area (Å²) in [5.74, 6) is 0.268. The Morgan fingerprint density at radius 1 is 1.29 bits per heavy atom. The van der Waals surface area contributed by atoms with Gasteiger partial charge in [-0.1, -0.05) is 0 Å². The fourth-order valence-electron chi connectivity index (χ4n) is 3.73. The van der Waals surface area contributed by atoms with Crippen molar-refractivity contribution in [1.29, 1.82) is 0 Å². The number of amides is 1. The van der Waals surface area contributed by atoms with Crippen LogP contribution in [0.1, 0.15) is 29.7 Å². The van der Waals surface area contributed by atoms with Crippen LogP contribution in [0, 0.1) is 6.92 Å². The van der Waals surface area contributed by atoms with E-state index < -0.39 is 5.54 Å². The van der Waals surface area contributed by atoms with Crippen molar-refractivity contribution in [3.05, 3.63) is 40.3 Å². The van der Waals surface area contributed by atoms with Crippen molar-refractivity contribution in [1.82, 2.24) is 19.6 Å². The van der Waals surface area contributed by atoms with Gasteiger partial charge in [-0.25, -0.2) is 0 Å². The van der Waals surface area contributed by atoms with Crippen LogP contribution in [0.3, 0.4) is 0 Å². The third-order valence-corrected chi connectivity index (χ3v) is 6.51. The molecule has 24 heavy (non-hydrogen) atoms. The standard InChI is InChI=1S/C18H24N4OS/c1-15-4-13-24-16(15)14-20-11-5-18(6-12-20,22-10-2-7-19-22)17(23)21-8-3-9-21/h2,4,7,10,13H,3,5-6,8-9,11-12,14H2,1H3. The van der Waals surface area contributed by atoms with E-state index in [0.29, 0.717) is 0 Å². The van der Waals surface area contributed by atoms with E-state index in [4.69, 9.17) is 0 Å². The Hall–Kier alpha value is -1.66. The molecule has 0 aromatic carbocycles. The van der Waals surface area contributed by atoms with Gasteiger partial charge in [-0.2, -0.15) is 5.10 Å². The summed E-state index contributed by atoms with van der Waals surface area (Å²) in [5.41, 5.74) is 0.894. The van der Waals surface area contributed by atoms with Crippen LogP contribution in [0.4, 0.5) is 0 Å². The highest BCUT2D eigenvalue weighted by molar-refractivity contribution is 7.10. The van der Waals surface area contributed by atoms with Gasteiger partial charge in [-0.05, 0) is 49.3 Å². The maximum atomic E-state index is 13.1. The Bertz CT molecular complexity index is 696. The van der Waals surface area contributed by atoms with Gasteiger partial charge in [0.05, 0.1) is 0 Å². The van der Waals surface area contributed by atoms with Gasteiger partial charge in [0.25, 0.3) is 5.91 Å². The van der Waals surface area contributed by atoms with Gasteiger partial charge in [0, 0.05) is 50.0 Å². The lowest BCUT2D eigenvalue weighted by molar-refractivity contribution is -0.148. The second-order valence-corrected chi connectivity index (χ2v) is 7.93. The lowest BCUT2D eigenvalue weighted by Gasteiger charge is -2.45. The Labute approximate surface area is 146 Å². The summed E-state index contributed by atoms with van der Waals surface area (Å²) >= 11 is 1.83.